The molecule has 2 heterocycles. The molecule has 5 heteroatoms. The number of nitrogens with one attached hydrogen (secondary N) is 1. The molecule has 0 radical (unpaired) electrons. The van der Waals surface area contributed by atoms with Crippen LogP contribution < -0.4 is 10.1 Å². The highest BCUT2D eigenvalue weighted by molar-refractivity contribution is 5.76. The van der Waals surface area contributed by atoms with E-state index in [9.17, 15) is 9.90 Å². The van der Waals surface area contributed by atoms with Crippen molar-refractivity contribution in [3.05, 3.63) is 53.5 Å². The Balaban J connectivity index is 1.90. The Morgan fingerprint density at radius 1 is 1.45 bits per heavy atom. The molecule has 1 aromatic heterocycles. The predicted molar refractivity (Wildman–Crippen MR) is 80.5 cm³/mol. The Bertz CT molecular complexity index is 651. The van der Waals surface area contributed by atoms with Gasteiger partial charge in [0.05, 0.1) is 18.9 Å². The van der Waals surface area contributed by atoms with Crippen LogP contribution in [0.1, 0.15) is 48.8 Å². The molecule has 2 unspecified atom stereocenters. The minimum atomic E-state index is -0.829. The average Bonchev–Trinajstić information content (AvgIpc) is 3.08. The van der Waals surface area contributed by atoms with E-state index in [4.69, 9.17) is 9.15 Å². The first-order chi connectivity index (χ1) is 10.7. The van der Waals surface area contributed by atoms with Gasteiger partial charge in [0.2, 0.25) is 5.91 Å². The molecule has 22 heavy (non-hydrogen) atoms. The van der Waals surface area contributed by atoms with Crippen LogP contribution >= 0.6 is 0 Å². The van der Waals surface area contributed by atoms with Crippen LogP contribution in [0.2, 0.25) is 0 Å². The van der Waals surface area contributed by atoms with Gasteiger partial charge in [-0.2, -0.15) is 0 Å². The first-order valence-electron chi connectivity index (χ1n) is 7.46. The van der Waals surface area contributed by atoms with Crippen molar-refractivity contribution in [2.24, 2.45) is 0 Å². The summed E-state index contributed by atoms with van der Waals surface area (Å²) in [4.78, 5) is 11.7. The number of aliphatic hydroxyl groups excluding tert-OH is 1. The third-order valence-electron chi connectivity index (χ3n) is 3.86. The monoisotopic (exact) mass is 301 g/mol. The van der Waals surface area contributed by atoms with E-state index in [1.807, 2.05) is 25.1 Å². The number of fused-ring (bicyclic) bond motifs is 1. The van der Waals surface area contributed by atoms with Crippen molar-refractivity contribution in [2.75, 3.05) is 6.61 Å². The van der Waals surface area contributed by atoms with Gasteiger partial charge in [-0.3, -0.25) is 4.79 Å². The third kappa shape index (κ3) is 2.85. The summed E-state index contributed by atoms with van der Waals surface area (Å²) in [7, 11) is 0. The summed E-state index contributed by atoms with van der Waals surface area (Å²) in [6, 6.07) is 8.92. The van der Waals surface area contributed by atoms with Crippen molar-refractivity contribution in [3.63, 3.8) is 0 Å². The summed E-state index contributed by atoms with van der Waals surface area (Å²) in [5, 5.41) is 13.4. The molecule has 116 valence electrons. The summed E-state index contributed by atoms with van der Waals surface area (Å²) in [5.41, 5.74) is 1.62. The van der Waals surface area contributed by atoms with Crippen LogP contribution in [0.25, 0.3) is 0 Å². The van der Waals surface area contributed by atoms with E-state index >= 15 is 0 Å². The lowest BCUT2D eigenvalue weighted by Gasteiger charge is -2.27. The number of carbonyl (C=O) groups is 1. The van der Waals surface area contributed by atoms with Gasteiger partial charge in [0.1, 0.15) is 17.6 Å². The van der Waals surface area contributed by atoms with E-state index in [2.05, 4.69) is 5.32 Å². The van der Waals surface area contributed by atoms with E-state index in [-0.39, 0.29) is 11.9 Å². The number of furan rings is 1. The van der Waals surface area contributed by atoms with Crippen molar-refractivity contribution in [3.8, 4) is 5.75 Å². The normalized spacial score (nSPS) is 18.2. The molecule has 0 aliphatic carbocycles. The fourth-order valence-corrected chi connectivity index (χ4v) is 2.64. The highest BCUT2D eigenvalue weighted by atomic mass is 16.5. The minimum Gasteiger partial charge on any atom is -0.493 e. The zero-order valence-electron chi connectivity index (χ0n) is 12.4. The maximum atomic E-state index is 11.7. The van der Waals surface area contributed by atoms with Crippen molar-refractivity contribution >= 4 is 5.91 Å². The van der Waals surface area contributed by atoms with Crippen LogP contribution in [0.5, 0.6) is 5.75 Å². The predicted octanol–water partition coefficient (Wildman–Crippen LogP) is 2.71. The summed E-state index contributed by atoms with van der Waals surface area (Å²) >= 11 is 0. The molecule has 1 aliphatic rings. The van der Waals surface area contributed by atoms with E-state index < -0.39 is 6.10 Å². The largest absolute Gasteiger partial charge is 0.493 e. The summed E-state index contributed by atoms with van der Waals surface area (Å²) in [6.45, 7) is 2.40. The van der Waals surface area contributed by atoms with Crippen LogP contribution in [0, 0.1) is 0 Å². The van der Waals surface area contributed by atoms with Crippen LogP contribution in [0.15, 0.2) is 41.0 Å². The average molecular weight is 301 g/mol. The number of carbonyl (C=O) groups excluding carboxylic acids is 1. The number of rotatable bonds is 4. The van der Waals surface area contributed by atoms with Crippen molar-refractivity contribution < 1.29 is 19.1 Å². The van der Waals surface area contributed by atoms with Gasteiger partial charge >= 0.3 is 0 Å². The molecule has 2 aromatic rings. The molecule has 2 N–H and O–H groups in total. The van der Waals surface area contributed by atoms with E-state index in [0.29, 0.717) is 18.8 Å². The molecule has 1 aromatic carbocycles. The number of hydrogen-bond acceptors (Lipinski definition) is 4. The molecule has 0 fully saturated rings. The first-order valence-corrected chi connectivity index (χ1v) is 7.46. The zero-order valence-corrected chi connectivity index (χ0v) is 12.4. The molecule has 2 atom stereocenters. The molecular weight excluding hydrogens is 282 g/mol. The Morgan fingerprint density at radius 2 is 2.32 bits per heavy atom. The van der Waals surface area contributed by atoms with Gasteiger partial charge in [-0.1, -0.05) is 13.0 Å². The highest BCUT2D eigenvalue weighted by Crippen LogP contribution is 2.35. The molecular formula is C17H19NO4. The fourth-order valence-electron chi connectivity index (χ4n) is 2.64. The molecule has 3 rings (SSSR count). The molecule has 0 bridgehead atoms. The molecule has 5 nitrogen and oxygen atoms in total. The Morgan fingerprint density at radius 3 is 3.05 bits per heavy atom. The maximum Gasteiger partial charge on any atom is 0.220 e. The molecule has 0 spiro atoms. The van der Waals surface area contributed by atoms with Gasteiger partial charge in [-0.05, 0) is 29.8 Å². The lowest BCUT2D eigenvalue weighted by atomic mass is 9.95. The molecule has 0 saturated carbocycles. The van der Waals surface area contributed by atoms with Gasteiger partial charge in [0, 0.05) is 18.4 Å². The van der Waals surface area contributed by atoms with Gasteiger partial charge in [-0.25, -0.2) is 0 Å². The number of amides is 1. The van der Waals surface area contributed by atoms with Gasteiger partial charge in [-0.15, -0.1) is 0 Å². The Kier molecular flexibility index (Phi) is 4.15. The number of benzene rings is 1. The topological polar surface area (TPSA) is 71.7 Å². The quantitative estimate of drug-likeness (QED) is 0.911. The van der Waals surface area contributed by atoms with Crippen LogP contribution in [0.4, 0.5) is 0 Å². The Labute approximate surface area is 128 Å². The summed E-state index contributed by atoms with van der Waals surface area (Å²) in [5.74, 6) is 1.25. The SMILES string of the molecule is CCC(=O)NC1CCOc2ccc(C(O)c3ccco3)cc21. The van der Waals surface area contributed by atoms with E-state index in [1.165, 1.54) is 6.26 Å². The van der Waals surface area contributed by atoms with Crippen LogP contribution in [0.3, 0.4) is 0 Å². The lowest BCUT2D eigenvalue weighted by Crippen LogP contribution is -2.31. The smallest absolute Gasteiger partial charge is 0.220 e. The Hall–Kier alpha value is -2.27. The standard InChI is InChI=1S/C17H19NO4/c1-2-16(19)18-13-7-9-22-14-6-5-11(10-12(13)14)17(20)15-4-3-8-21-15/h3-6,8,10,13,17,20H,2,7,9H2,1H3,(H,18,19). The van der Waals surface area contributed by atoms with Crippen molar-refractivity contribution in [1.29, 1.82) is 0 Å². The maximum absolute atomic E-state index is 11.7. The van der Waals surface area contributed by atoms with Crippen molar-refractivity contribution in [1.82, 2.24) is 5.32 Å². The lowest BCUT2D eigenvalue weighted by molar-refractivity contribution is -0.121. The number of aliphatic hydroxyl groups is 1. The van der Waals surface area contributed by atoms with E-state index in [1.54, 1.807) is 12.1 Å². The number of ether oxygens (including phenoxy) is 1. The van der Waals surface area contributed by atoms with Gasteiger partial charge < -0.3 is 19.6 Å². The van der Waals surface area contributed by atoms with Gasteiger partial charge in [0.25, 0.3) is 0 Å². The summed E-state index contributed by atoms with van der Waals surface area (Å²) in [6.07, 6.45) is 1.87. The second-order valence-electron chi connectivity index (χ2n) is 5.33. The van der Waals surface area contributed by atoms with Crippen LogP contribution in [-0.2, 0) is 4.79 Å². The fraction of sp³-hybridized carbons (Fsp3) is 0.353. The molecule has 1 amide bonds. The van der Waals surface area contributed by atoms with Crippen LogP contribution in [-0.4, -0.2) is 17.6 Å². The summed E-state index contributed by atoms with van der Waals surface area (Å²) < 4.78 is 10.9. The third-order valence-corrected chi connectivity index (χ3v) is 3.86. The van der Waals surface area contributed by atoms with Crippen molar-refractivity contribution in [2.45, 2.75) is 31.9 Å². The highest BCUT2D eigenvalue weighted by Gasteiger charge is 2.24. The van der Waals surface area contributed by atoms with Gasteiger partial charge in [0.15, 0.2) is 0 Å². The second-order valence-corrected chi connectivity index (χ2v) is 5.33. The molecule has 1 aliphatic heterocycles. The number of hydrogen-bond donors (Lipinski definition) is 2. The second kappa shape index (κ2) is 6.23. The zero-order chi connectivity index (χ0) is 15.5. The van der Waals surface area contributed by atoms with E-state index in [0.717, 1.165) is 23.3 Å². The minimum absolute atomic E-state index is 0.00911. The molecule has 0 saturated heterocycles. The first kappa shape index (κ1) is 14.7.